The molecule has 0 spiro atoms. The van der Waals surface area contributed by atoms with Crippen LogP contribution in [0.15, 0.2) is 0 Å². The first-order valence-corrected chi connectivity index (χ1v) is 6.33. The van der Waals surface area contributed by atoms with E-state index in [1.54, 1.807) is 7.11 Å². The summed E-state index contributed by atoms with van der Waals surface area (Å²) in [5.74, 6) is 0.0606. The van der Waals surface area contributed by atoms with Crippen molar-refractivity contribution in [2.45, 2.75) is 32.4 Å². The minimum atomic E-state index is -0.416. The van der Waals surface area contributed by atoms with Crippen LogP contribution in [0.5, 0.6) is 0 Å². The zero-order valence-electron chi connectivity index (χ0n) is 11.2. The Morgan fingerprint density at radius 3 is 2.35 bits per heavy atom. The highest BCUT2D eigenvalue weighted by Crippen LogP contribution is 2.07. The summed E-state index contributed by atoms with van der Waals surface area (Å²) in [5.41, 5.74) is 5.84. The maximum atomic E-state index is 12.0. The number of amides is 1. The first kappa shape index (κ1) is 14.4. The van der Waals surface area contributed by atoms with Gasteiger partial charge >= 0.3 is 0 Å². The monoisotopic (exact) mass is 243 g/mol. The van der Waals surface area contributed by atoms with Crippen molar-refractivity contribution >= 4 is 5.91 Å². The summed E-state index contributed by atoms with van der Waals surface area (Å²) in [6.07, 6.45) is 0.597. The lowest BCUT2D eigenvalue weighted by molar-refractivity contribution is -0.135. The number of nitrogens with two attached hydrogens (primary N) is 1. The zero-order chi connectivity index (χ0) is 12.8. The van der Waals surface area contributed by atoms with Gasteiger partial charge in [-0.05, 0) is 20.3 Å². The second-order valence-electron chi connectivity index (χ2n) is 4.84. The minimum Gasteiger partial charge on any atom is -0.385 e. The molecule has 0 aromatic rings. The van der Waals surface area contributed by atoms with Gasteiger partial charge in [0, 0.05) is 45.9 Å². The molecule has 1 fully saturated rings. The summed E-state index contributed by atoms with van der Waals surface area (Å²) < 4.78 is 4.94. The average Bonchev–Trinajstić information content (AvgIpc) is 2.35. The molecular formula is C12H25N3O2. The lowest BCUT2D eigenvalue weighted by atomic mass is 10.1. The van der Waals surface area contributed by atoms with Crippen molar-refractivity contribution in [2.24, 2.45) is 5.73 Å². The molecule has 100 valence electrons. The predicted molar refractivity (Wildman–Crippen MR) is 67.8 cm³/mol. The smallest absolute Gasteiger partial charge is 0.239 e. The molecule has 5 nitrogen and oxygen atoms in total. The van der Waals surface area contributed by atoms with Gasteiger partial charge < -0.3 is 15.4 Å². The Balaban J connectivity index is 2.35. The van der Waals surface area contributed by atoms with Crippen LogP contribution in [0, 0.1) is 0 Å². The topological polar surface area (TPSA) is 58.8 Å². The van der Waals surface area contributed by atoms with Crippen LogP contribution in [0.2, 0.25) is 0 Å². The number of piperazine rings is 1. The molecule has 0 aliphatic carbocycles. The molecule has 0 aromatic heterocycles. The highest BCUT2D eigenvalue weighted by atomic mass is 16.5. The largest absolute Gasteiger partial charge is 0.385 e. The molecule has 1 heterocycles. The van der Waals surface area contributed by atoms with Gasteiger partial charge in [0.25, 0.3) is 0 Å². The normalized spacial score (nSPS) is 19.7. The fourth-order valence-corrected chi connectivity index (χ4v) is 2.06. The van der Waals surface area contributed by atoms with Crippen molar-refractivity contribution in [1.82, 2.24) is 9.80 Å². The molecular weight excluding hydrogens is 218 g/mol. The van der Waals surface area contributed by atoms with E-state index < -0.39 is 6.04 Å². The van der Waals surface area contributed by atoms with Gasteiger partial charge in [-0.15, -0.1) is 0 Å². The van der Waals surface area contributed by atoms with Gasteiger partial charge in [0.05, 0.1) is 6.04 Å². The van der Waals surface area contributed by atoms with Crippen LogP contribution >= 0.6 is 0 Å². The Hall–Kier alpha value is -0.650. The highest BCUT2D eigenvalue weighted by molar-refractivity contribution is 5.81. The Bertz CT molecular complexity index is 238. The van der Waals surface area contributed by atoms with Crippen LogP contribution in [0.25, 0.3) is 0 Å². The number of nitrogens with zero attached hydrogens (tertiary/aromatic N) is 2. The second-order valence-corrected chi connectivity index (χ2v) is 4.84. The molecule has 1 amide bonds. The SMILES string of the molecule is COCCC(N)C(=O)N1CCN(C(C)C)CC1. The first-order chi connectivity index (χ1) is 8.06. The summed E-state index contributed by atoms with van der Waals surface area (Å²) in [4.78, 5) is 16.3. The summed E-state index contributed by atoms with van der Waals surface area (Å²) in [6.45, 7) is 8.37. The van der Waals surface area contributed by atoms with E-state index in [1.165, 1.54) is 0 Å². The third-order valence-corrected chi connectivity index (χ3v) is 3.31. The fraction of sp³-hybridized carbons (Fsp3) is 0.917. The van der Waals surface area contributed by atoms with Crippen molar-refractivity contribution < 1.29 is 9.53 Å². The summed E-state index contributed by atoms with van der Waals surface area (Å²) in [6, 6.07) is 0.134. The van der Waals surface area contributed by atoms with Crippen molar-refractivity contribution in [3.05, 3.63) is 0 Å². The Morgan fingerprint density at radius 2 is 1.88 bits per heavy atom. The van der Waals surface area contributed by atoms with E-state index in [1.807, 2.05) is 4.90 Å². The molecule has 0 aromatic carbocycles. The molecule has 0 radical (unpaired) electrons. The van der Waals surface area contributed by atoms with E-state index in [-0.39, 0.29) is 5.91 Å². The summed E-state index contributed by atoms with van der Waals surface area (Å²) >= 11 is 0. The molecule has 1 aliphatic heterocycles. The molecule has 17 heavy (non-hydrogen) atoms. The molecule has 5 heteroatoms. The lowest BCUT2D eigenvalue weighted by Crippen LogP contribution is -2.54. The van der Waals surface area contributed by atoms with Gasteiger partial charge in [-0.1, -0.05) is 0 Å². The number of carbonyl (C=O) groups excluding carboxylic acids is 1. The van der Waals surface area contributed by atoms with Crippen molar-refractivity contribution in [2.75, 3.05) is 39.9 Å². The highest BCUT2D eigenvalue weighted by Gasteiger charge is 2.25. The van der Waals surface area contributed by atoms with Gasteiger partial charge in [0.2, 0.25) is 5.91 Å². The van der Waals surface area contributed by atoms with Crippen LogP contribution < -0.4 is 5.73 Å². The molecule has 1 atom stereocenters. The third-order valence-electron chi connectivity index (χ3n) is 3.31. The number of hydrogen-bond donors (Lipinski definition) is 1. The molecule has 0 bridgehead atoms. The van der Waals surface area contributed by atoms with Crippen molar-refractivity contribution in [1.29, 1.82) is 0 Å². The van der Waals surface area contributed by atoms with Crippen LogP contribution in [0.1, 0.15) is 20.3 Å². The first-order valence-electron chi connectivity index (χ1n) is 6.33. The summed E-state index contributed by atoms with van der Waals surface area (Å²) in [5, 5.41) is 0. The Morgan fingerprint density at radius 1 is 1.29 bits per heavy atom. The Labute approximate surface area is 104 Å². The second kappa shape index (κ2) is 6.93. The summed E-state index contributed by atoms with van der Waals surface area (Å²) in [7, 11) is 1.62. The van der Waals surface area contributed by atoms with Gasteiger partial charge in [-0.25, -0.2) is 0 Å². The lowest BCUT2D eigenvalue weighted by Gasteiger charge is -2.37. The molecule has 1 saturated heterocycles. The van der Waals surface area contributed by atoms with E-state index in [0.29, 0.717) is 19.1 Å². The predicted octanol–water partition coefficient (Wildman–Crippen LogP) is -0.0972. The van der Waals surface area contributed by atoms with Gasteiger partial charge in [0.15, 0.2) is 0 Å². The van der Waals surface area contributed by atoms with Crippen molar-refractivity contribution in [3.8, 4) is 0 Å². The van der Waals surface area contributed by atoms with Crippen LogP contribution in [0.4, 0.5) is 0 Å². The quantitative estimate of drug-likeness (QED) is 0.733. The molecule has 1 rings (SSSR count). The van der Waals surface area contributed by atoms with Crippen LogP contribution in [-0.2, 0) is 9.53 Å². The van der Waals surface area contributed by atoms with E-state index >= 15 is 0 Å². The van der Waals surface area contributed by atoms with Gasteiger partial charge in [-0.2, -0.15) is 0 Å². The average molecular weight is 243 g/mol. The van der Waals surface area contributed by atoms with E-state index in [0.717, 1.165) is 26.2 Å². The number of hydrogen-bond acceptors (Lipinski definition) is 4. The number of rotatable bonds is 5. The van der Waals surface area contributed by atoms with E-state index in [4.69, 9.17) is 10.5 Å². The fourth-order valence-electron chi connectivity index (χ4n) is 2.06. The standard InChI is InChI=1S/C12H25N3O2/c1-10(2)14-5-7-15(8-6-14)12(16)11(13)4-9-17-3/h10-11H,4-9,13H2,1-3H3. The van der Waals surface area contributed by atoms with Crippen LogP contribution in [0.3, 0.4) is 0 Å². The van der Waals surface area contributed by atoms with Gasteiger partial charge in [0.1, 0.15) is 0 Å². The molecule has 0 saturated carbocycles. The van der Waals surface area contributed by atoms with E-state index in [9.17, 15) is 4.79 Å². The van der Waals surface area contributed by atoms with Crippen LogP contribution in [-0.4, -0.2) is 67.7 Å². The van der Waals surface area contributed by atoms with Gasteiger partial charge in [-0.3, -0.25) is 9.69 Å². The number of carbonyl (C=O) groups is 1. The third kappa shape index (κ3) is 4.26. The molecule has 1 unspecified atom stereocenters. The maximum absolute atomic E-state index is 12.0. The zero-order valence-corrected chi connectivity index (χ0v) is 11.2. The molecule has 1 aliphatic rings. The Kier molecular flexibility index (Phi) is 5.88. The number of methoxy groups -OCH3 is 1. The van der Waals surface area contributed by atoms with Crippen molar-refractivity contribution in [3.63, 3.8) is 0 Å². The maximum Gasteiger partial charge on any atom is 0.239 e. The number of ether oxygens (including phenoxy) is 1. The molecule has 2 N–H and O–H groups in total. The minimum absolute atomic E-state index is 0.0606. The van der Waals surface area contributed by atoms with E-state index in [2.05, 4.69) is 18.7 Å².